The van der Waals surface area contributed by atoms with Gasteiger partial charge in [-0.2, -0.15) is 10.1 Å². The lowest BCUT2D eigenvalue weighted by Gasteiger charge is -2.40. The molecule has 312 valence electrons. The van der Waals surface area contributed by atoms with Gasteiger partial charge in [0.15, 0.2) is 5.65 Å². The van der Waals surface area contributed by atoms with Crippen molar-refractivity contribution in [2.75, 3.05) is 60.9 Å². The highest BCUT2D eigenvalue weighted by Crippen LogP contribution is 2.34. The number of nitrogens with two attached hydrogens (primary N) is 1. The summed E-state index contributed by atoms with van der Waals surface area (Å²) in [6.07, 6.45) is 4.15. The number of amides is 3. The minimum absolute atomic E-state index is 0.0243. The first-order valence-electron chi connectivity index (χ1n) is 20.6. The number of urea groups is 1. The molecule has 3 amide bonds. The first-order valence-corrected chi connectivity index (χ1v) is 21.0. The number of halogens is 1. The zero-order valence-corrected chi connectivity index (χ0v) is 35.5. The summed E-state index contributed by atoms with van der Waals surface area (Å²) >= 11 is 6.40. The number of benzene rings is 3. The minimum atomic E-state index is -0.622. The summed E-state index contributed by atoms with van der Waals surface area (Å²) in [5.74, 6) is 0.728. The second kappa shape index (κ2) is 16.9. The average Bonchev–Trinajstić information content (AvgIpc) is 3.91. The third-order valence-corrected chi connectivity index (χ3v) is 12.0. The molecule has 0 aliphatic carbocycles. The number of hydrogen-bond acceptors (Lipinski definition) is 10. The molecule has 5 N–H and O–H groups in total. The fraction of sp³-hybridized carbons (Fsp3) is 0.378. The van der Waals surface area contributed by atoms with E-state index in [0.29, 0.717) is 28.2 Å². The molecule has 60 heavy (non-hydrogen) atoms. The Bertz CT molecular complexity index is 2490. The number of carbonyl (C=O) groups excluding carboxylic acids is 2. The number of anilines is 3. The van der Waals surface area contributed by atoms with Crippen molar-refractivity contribution in [1.82, 2.24) is 35.5 Å². The maximum atomic E-state index is 12.9. The average molecular weight is 830 g/mol. The van der Waals surface area contributed by atoms with E-state index in [1.54, 1.807) is 0 Å². The number of aromatic nitrogens is 5. The molecule has 2 aliphatic rings. The molecule has 3 aromatic heterocycles. The number of primary amides is 1. The van der Waals surface area contributed by atoms with E-state index >= 15 is 0 Å². The number of pyridine rings is 1. The van der Waals surface area contributed by atoms with Crippen LogP contribution in [0.2, 0.25) is 5.02 Å². The van der Waals surface area contributed by atoms with Crippen LogP contribution in [0.4, 0.5) is 21.9 Å². The lowest BCUT2D eigenvalue weighted by Crippen LogP contribution is -2.49. The number of fused-ring (bicyclic) bond motifs is 1. The molecule has 0 spiro atoms. The number of aryl methyl sites for hydroxylation is 1. The number of rotatable bonds is 10. The Morgan fingerprint density at radius 3 is 2.28 bits per heavy atom. The molecule has 2 fully saturated rings. The molecule has 0 unspecified atom stereocenters. The molecule has 5 heterocycles. The van der Waals surface area contributed by atoms with Crippen LogP contribution in [0.1, 0.15) is 74.2 Å². The predicted octanol–water partition coefficient (Wildman–Crippen LogP) is 7.95. The van der Waals surface area contributed by atoms with E-state index < -0.39 is 6.03 Å². The van der Waals surface area contributed by atoms with Gasteiger partial charge in [0, 0.05) is 85.3 Å². The first-order chi connectivity index (χ1) is 28.8. The Kier molecular flexibility index (Phi) is 11.5. The molecule has 0 saturated carbocycles. The second-order valence-corrected chi connectivity index (χ2v) is 17.5. The van der Waals surface area contributed by atoms with Crippen LogP contribution in [0, 0.1) is 12.8 Å². The van der Waals surface area contributed by atoms with Gasteiger partial charge < -0.3 is 30.7 Å². The molecular weight excluding hydrogens is 778 g/mol. The number of nitrogens with zero attached hydrogens (tertiary/aromatic N) is 7. The van der Waals surface area contributed by atoms with E-state index in [1.807, 2.05) is 71.1 Å². The van der Waals surface area contributed by atoms with Gasteiger partial charge in [-0.15, -0.1) is 0 Å². The van der Waals surface area contributed by atoms with Crippen molar-refractivity contribution in [2.45, 2.75) is 58.9 Å². The molecule has 2 aliphatic heterocycles. The molecule has 0 bridgehead atoms. The van der Waals surface area contributed by atoms with Crippen LogP contribution in [0.25, 0.3) is 33.4 Å². The summed E-state index contributed by atoms with van der Waals surface area (Å²) < 4.78 is 5.31. The van der Waals surface area contributed by atoms with E-state index in [2.05, 4.69) is 82.1 Å². The van der Waals surface area contributed by atoms with Crippen LogP contribution in [0.5, 0.6) is 0 Å². The van der Waals surface area contributed by atoms with Gasteiger partial charge in [-0.3, -0.25) is 14.8 Å². The normalized spacial score (nSPS) is 16.0. The Morgan fingerprint density at radius 2 is 1.62 bits per heavy atom. The Hall–Kier alpha value is -5.99. The van der Waals surface area contributed by atoms with E-state index in [9.17, 15) is 9.59 Å². The van der Waals surface area contributed by atoms with Gasteiger partial charge in [-0.05, 0) is 91.8 Å². The Labute approximate surface area is 354 Å². The molecule has 0 radical (unpaired) electrons. The highest BCUT2D eigenvalue weighted by atomic mass is 35.5. The standard InChI is InChI=1S/C45H52ClN11O3/c1-27-22-31(8-12-35(27)28(2)49-42(58)41-51-43(60-54-41)45(3,4)5)39-36-23-32(25-48-40(36)53-52-39)30-6-9-33(10-7-30)57-20-18-55(19-21-57)26-29-14-16-56(17-15-29)34-11-13-38(37(46)24-34)50-44(47)59/h6-13,22-25,28-29H,14-21,26H2,1-5H3,(H,49,58)(H3,47,50,59)(H,48,52,53)/t28-/m1/s1. The number of piperidine rings is 1. The van der Waals surface area contributed by atoms with Gasteiger partial charge in [0.05, 0.1) is 22.4 Å². The molecular formula is C45H52ClN11O3. The smallest absolute Gasteiger partial charge is 0.316 e. The monoisotopic (exact) mass is 829 g/mol. The second-order valence-electron chi connectivity index (χ2n) is 17.1. The van der Waals surface area contributed by atoms with Crippen molar-refractivity contribution < 1.29 is 14.1 Å². The number of H-pyrrole nitrogens is 1. The van der Waals surface area contributed by atoms with Crippen molar-refractivity contribution in [3.05, 3.63) is 101 Å². The summed E-state index contributed by atoms with van der Waals surface area (Å²) in [6.45, 7) is 17.0. The largest absolute Gasteiger partial charge is 0.371 e. The van der Waals surface area contributed by atoms with E-state index in [0.717, 1.165) is 103 Å². The number of nitrogens with one attached hydrogen (secondary N) is 3. The van der Waals surface area contributed by atoms with Crippen LogP contribution < -0.4 is 26.2 Å². The number of piperazine rings is 1. The SMILES string of the molecule is Cc1cc(-c2[nH]nc3ncc(-c4ccc(N5CCN(CC6CCN(c7ccc(NC(N)=O)c(Cl)c7)CC6)CC5)cc4)cc23)ccc1[C@@H](C)NC(=O)c1noc(C(C)(C)C)n1. The van der Waals surface area contributed by atoms with Gasteiger partial charge in [0.2, 0.25) is 5.89 Å². The van der Waals surface area contributed by atoms with Gasteiger partial charge in [-0.1, -0.05) is 61.8 Å². The lowest BCUT2D eigenvalue weighted by molar-refractivity contribution is 0.0926. The maximum absolute atomic E-state index is 12.9. The summed E-state index contributed by atoms with van der Waals surface area (Å²) in [4.78, 5) is 40.6. The van der Waals surface area contributed by atoms with Crippen molar-refractivity contribution in [1.29, 1.82) is 0 Å². The van der Waals surface area contributed by atoms with Crippen molar-refractivity contribution in [3.8, 4) is 22.4 Å². The van der Waals surface area contributed by atoms with E-state index in [1.165, 1.54) is 5.69 Å². The third-order valence-electron chi connectivity index (χ3n) is 11.7. The van der Waals surface area contributed by atoms with Crippen molar-refractivity contribution >= 4 is 51.6 Å². The van der Waals surface area contributed by atoms with Gasteiger partial charge >= 0.3 is 6.03 Å². The third kappa shape index (κ3) is 8.94. The Morgan fingerprint density at radius 1 is 0.917 bits per heavy atom. The number of hydrogen-bond donors (Lipinski definition) is 4. The zero-order chi connectivity index (χ0) is 42.1. The fourth-order valence-corrected chi connectivity index (χ4v) is 8.50. The van der Waals surface area contributed by atoms with Crippen LogP contribution in [0.15, 0.2) is 77.4 Å². The maximum Gasteiger partial charge on any atom is 0.316 e. The van der Waals surface area contributed by atoms with Crippen LogP contribution in [-0.2, 0) is 5.41 Å². The molecule has 6 aromatic rings. The number of aromatic amines is 1. The Balaban J connectivity index is 0.850. The van der Waals surface area contributed by atoms with E-state index in [4.69, 9.17) is 26.8 Å². The highest BCUT2D eigenvalue weighted by Gasteiger charge is 2.27. The van der Waals surface area contributed by atoms with Crippen LogP contribution in [0.3, 0.4) is 0 Å². The summed E-state index contributed by atoms with van der Waals surface area (Å²) in [7, 11) is 0. The fourth-order valence-electron chi connectivity index (χ4n) is 8.28. The quantitative estimate of drug-likeness (QED) is 0.106. The summed E-state index contributed by atoms with van der Waals surface area (Å²) in [5, 5.41) is 18.6. The zero-order valence-electron chi connectivity index (χ0n) is 34.8. The molecule has 2 saturated heterocycles. The first kappa shape index (κ1) is 40.8. The van der Waals surface area contributed by atoms with Gasteiger partial charge in [-0.25, -0.2) is 9.78 Å². The molecule has 3 aromatic carbocycles. The predicted molar refractivity (Wildman–Crippen MR) is 237 cm³/mol. The summed E-state index contributed by atoms with van der Waals surface area (Å²) in [6, 6.07) is 21.9. The minimum Gasteiger partial charge on any atom is -0.371 e. The molecule has 14 nitrogen and oxygen atoms in total. The topological polar surface area (TPSA) is 174 Å². The highest BCUT2D eigenvalue weighted by molar-refractivity contribution is 6.34. The van der Waals surface area contributed by atoms with Crippen LogP contribution in [-0.4, -0.2) is 88.0 Å². The molecule has 8 rings (SSSR count). The van der Waals surface area contributed by atoms with Gasteiger partial charge in [0.25, 0.3) is 11.7 Å². The van der Waals surface area contributed by atoms with Crippen molar-refractivity contribution in [2.24, 2.45) is 11.7 Å². The molecule has 1 atom stereocenters. The lowest BCUT2D eigenvalue weighted by atomic mass is 9.95. The van der Waals surface area contributed by atoms with E-state index in [-0.39, 0.29) is 23.2 Å². The summed E-state index contributed by atoms with van der Waals surface area (Å²) in [5.41, 5.74) is 14.4. The van der Waals surface area contributed by atoms with Crippen molar-refractivity contribution in [3.63, 3.8) is 0 Å². The van der Waals surface area contributed by atoms with Gasteiger partial charge in [0.1, 0.15) is 0 Å². The number of carbonyl (C=O) groups is 2. The van der Waals surface area contributed by atoms with Crippen LogP contribution >= 0.6 is 11.6 Å². The molecule has 15 heteroatoms.